The molecule has 5 heteroatoms. The number of hydrogen-bond donors (Lipinski definition) is 2. The normalized spacial score (nSPS) is 15.4. The number of nitrogens with zero attached hydrogens (tertiary/aromatic N) is 1. The Kier molecular flexibility index (Phi) is 2.44. The lowest BCUT2D eigenvalue weighted by molar-refractivity contribution is 0.380. The molecule has 0 saturated heterocycles. The second kappa shape index (κ2) is 3.74. The Hall–Kier alpha value is -1.10. The molecule has 1 saturated carbocycles. The van der Waals surface area contributed by atoms with Crippen LogP contribution in [0, 0.1) is 0 Å². The molecule has 4 nitrogen and oxygen atoms in total. The van der Waals surface area contributed by atoms with E-state index in [1.54, 1.807) is 6.20 Å². The molecule has 1 aromatic rings. The van der Waals surface area contributed by atoms with Gasteiger partial charge in [0.25, 0.3) is 0 Å². The molecular weight excluding hydrogens is 186 g/mol. The van der Waals surface area contributed by atoms with Gasteiger partial charge in [-0.3, -0.25) is 0 Å². The quantitative estimate of drug-likeness (QED) is 0.702. The monoisotopic (exact) mass is 197 g/mol. The van der Waals surface area contributed by atoms with Gasteiger partial charge in [-0.15, -0.1) is 0 Å². The molecule has 1 aromatic heterocycles. The van der Waals surface area contributed by atoms with Gasteiger partial charge >= 0.3 is 0 Å². The number of nitrogens with one attached hydrogen (secondary N) is 2. The van der Waals surface area contributed by atoms with E-state index in [2.05, 4.69) is 15.8 Å². The fraction of sp³-hybridized carbons (Fsp3) is 0.500. The summed E-state index contributed by atoms with van der Waals surface area (Å²) in [4.78, 5) is 0. The second-order valence-electron chi connectivity index (χ2n) is 3.08. The SMILES string of the molecule is S=C(NCc1ccno1)NC1CC1. The maximum absolute atomic E-state index is 5.06. The lowest BCUT2D eigenvalue weighted by Gasteiger charge is -2.06. The molecule has 2 rings (SSSR count). The third-order valence-corrected chi connectivity index (χ3v) is 2.09. The summed E-state index contributed by atoms with van der Waals surface area (Å²) in [7, 11) is 0. The van der Waals surface area contributed by atoms with Gasteiger partial charge in [-0.25, -0.2) is 0 Å². The first-order valence-corrected chi connectivity index (χ1v) is 4.69. The van der Waals surface area contributed by atoms with E-state index in [1.165, 1.54) is 12.8 Å². The molecule has 0 aromatic carbocycles. The summed E-state index contributed by atoms with van der Waals surface area (Å²) < 4.78 is 4.90. The molecule has 0 aliphatic heterocycles. The van der Waals surface area contributed by atoms with Gasteiger partial charge < -0.3 is 15.2 Å². The number of hydrogen-bond acceptors (Lipinski definition) is 3. The van der Waals surface area contributed by atoms with E-state index in [0.717, 1.165) is 5.76 Å². The molecule has 70 valence electrons. The molecule has 1 fully saturated rings. The van der Waals surface area contributed by atoms with Gasteiger partial charge in [-0.1, -0.05) is 5.16 Å². The van der Waals surface area contributed by atoms with Crippen LogP contribution in [-0.4, -0.2) is 16.3 Å². The molecule has 0 unspecified atom stereocenters. The van der Waals surface area contributed by atoms with Crippen molar-refractivity contribution in [3.63, 3.8) is 0 Å². The minimum Gasteiger partial charge on any atom is -0.360 e. The molecular formula is C8H11N3OS. The van der Waals surface area contributed by atoms with Crippen molar-refractivity contribution in [2.75, 3.05) is 0 Å². The summed E-state index contributed by atoms with van der Waals surface area (Å²) in [6, 6.07) is 2.40. The van der Waals surface area contributed by atoms with Gasteiger partial charge in [0, 0.05) is 12.1 Å². The minimum atomic E-state index is 0.592. The van der Waals surface area contributed by atoms with Crippen LogP contribution in [0.4, 0.5) is 0 Å². The van der Waals surface area contributed by atoms with Crippen molar-refractivity contribution in [3.8, 4) is 0 Å². The van der Waals surface area contributed by atoms with Crippen LogP contribution < -0.4 is 10.6 Å². The fourth-order valence-electron chi connectivity index (χ4n) is 0.965. The number of rotatable bonds is 3. The topological polar surface area (TPSA) is 50.1 Å². The average Bonchev–Trinajstić information content (AvgIpc) is 2.78. The Morgan fingerprint density at radius 3 is 3.15 bits per heavy atom. The lowest BCUT2D eigenvalue weighted by atomic mass is 10.4. The van der Waals surface area contributed by atoms with Crippen molar-refractivity contribution in [1.29, 1.82) is 0 Å². The Morgan fingerprint density at radius 2 is 2.54 bits per heavy atom. The summed E-state index contributed by atoms with van der Waals surface area (Å²) in [5.74, 6) is 0.792. The first-order chi connectivity index (χ1) is 6.34. The predicted octanol–water partition coefficient (Wildman–Crippen LogP) is 0.801. The molecule has 0 amide bonds. The first-order valence-electron chi connectivity index (χ1n) is 4.28. The zero-order valence-electron chi connectivity index (χ0n) is 7.12. The molecule has 1 aliphatic rings. The number of aromatic nitrogens is 1. The molecule has 0 atom stereocenters. The molecule has 1 aliphatic carbocycles. The second-order valence-corrected chi connectivity index (χ2v) is 3.49. The van der Waals surface area contributed by atoms with Crippen LogP contribution in [0.1, 0.15) is 18.6 Å². The summed E-state index contributed by atoms with van der Waals surface area (Å²) >= 11 is 5.06. The van der Waals surface area contributed by atoms with Gasteiger partial charge in [-0.2, -0.15) is 0 Å². The molecule has 0 spiro atoms. The van der Waals surface area contributed by atoms with Gasteiger partial charge in [0.15, 0.2) is 10.9 Å². The zero-order valence-corrected chi connectivity index (χ0v) is 7.93. The molecule has 0 bridgehead atoms. The third-order valence-electron chi connectivity index (χ3n) is 1.83. The Labute approximate surface area is 81.7 Å². The standard InChI is InChI=1S/C8H11N3OS/c13-8(11-6-1-2-6)9-5-7-3-4-10-12-7/h3-4,6H,1-2,5H2,(H2,9,11,13). The molecule has 2 N–H and O–H groups in total. The van der Waals surface area contributed by atoms with Crippen LogP contribution >= 0.6 is 12.2 Å². The maximum Gasteiger partial charge on any atom is 0.166 e. The zero-order chi connectivity index (χ0) is 9.10. The van der Waals surface area contributed by atoms with E-state index in [4.69, 9.17) is 16.7 Å². The van der Waals surface area contributed by atoms with Gasteiger partial charge in [0.05, 0.1) is 12.7 Å². The van der Waals surface area contributed by atoms with Crippen LogP contribution in [0.3, 0.4) is 0 Å². The van der Waals surface area contributed by atoms with Crippen molar-refractivity contribution >= 4 is 17.3 Å². The Morgan fingerprint density at radius 1 is 1.69 bits per heavy atom. The molecule has 1 heterocycles. The van der Waals surface area contributed by atoms with E-state index in [0.29, 0.717) is 17.7 Å². The summed E-state index contributed by atoms with van der Waals surface area (Å²) in [6.45, 7) is 0.596. The van der Waals surface area contributed by atoms with Crippen LogP contribution in [-0.2, 0) is 6.54 Å². The van der Waals surface area contributed by atoms with Crippen molar-refractivity contribution in [3.05, 3.63) is 18.0 Å². The smallest absolute Gasteiger partial charge is 0.166 e. The summed E-state index contributed by atoms with van der Waals surface area (Å²) in [5.41, 5.74) is 0. The summed E-state index contributed by atoms with van der Waals surface area (Å²) in [6.07, 6.45) is 4.07. The van der Waals surface area contributed by atoms with E-state index >= 15 is 0 Å². The van der Waals surface area contributed by atoms with Crippen molar-refractivity contribution < 1.29 is 4.52 Å². The van der Waals surface area contributed by atoms with Crippen molar-refractivity contribution in [2.45, 2.75) is 25.4 Å². The maximum atomic E-state index is 5.06. The Bertz CT molecular complexity index is 282. The average molecular weight is 197 g/mol. The highest BCUT2D eigenvalue weighted by molar-refractivity contribution is 7.80. The van der Waals surface area contributed by atoms with Crippen LogP contribution in [0.25, 0.3) is 0 Å². The van der Waals surface area contributed by atoms with E-state index < -0.39 is 0 Å². The fourth-order valence-corrected chi connectivity index (χ4v) is 1.20. The first kappa shape index (κ1) is 8.50. The highest BCUT2D eigenvalue weighted by Crippen LogP contribution is 2.18. The van der Waals surface area contributed by atoms with Gasteiger partial charge in [-0.05, 0) is 25.1 Å². The number of thiocarbonyl (C=S) groups is 1. The Balaban J connectivity index is 1.69. The van der Waals surface area contributed by atoms with Crippen LogP contribution in [0.15, 0.2) is 16.8 Å². The van der Waals surface area contributed by atoms with Crippen molar-refractivity contribution in [1.82, 2.24) is 15.8 Å². The van der Waals surface area contributed by atoms with Crippen molar-refractivity contribution in [2.24, 2.45) is 0 Å². The van der Waals surface area contributed by atoms with E-state index in [9.17, 15) is 0 Å². The lowest BCUT2D eigenvalue weighted by Crippen LogP contribution is -2.35. The van der Waals surface area contributed by atoms with Gasteiger partial charge in [0.1, 0.15) is 0 Å². The third kappa shape index (κ3) is 2.69. The minimum absolute atomic E-state index is 0.592. The van der Waals surface area contributed by atoms with Gasteiger partial charge in [0.2, 0.25) is 0 Å². The van der Waals surface area contributed by atoms with Crippen LogP contribution in [0.5, 0.6) is 0 Å². The highest BCUT2D eigenvalue weighted by atomic mass is 32.1. The summed E-state index contributed by atoms with van der Waals surface area (Å²) in [5, 5.41) is 10.5. The van der Waals surface area contributed by atoms with E-state index in [-0.39, 0.29) is 0 Å². The highest BCUT2D eigenvalue weighted by Gasteiger charge is 2.21. The largest absolute Gasteiger partial charge is 0.360 e. The van der Waals surface area contributed by atoms with E-state index in [1.807, 2.05) is 6.07 Å². The molecule has 13 heavy (non-hydrogen) atoms. The van der Waals surface area contributed by atoms with Crippen LogP contribution in [0.2, 0.25) is 0 Å². The predicted molar refractivity (Wildman–Crippen MR) is 52.1 cm³/mol. The molecule has 0 radical (unpaired) electrons.